The third-order valence-corrected chi connectivity index (χ3v) is 4.30. The van der Waals surface area contributed by atoms with Gasteiger partial charge in [0.05, 0.1) is 10.5 Å². The molecule has 1 atom stereocenters. The minimum Gasteiger partial charge on any atom is -0.347 e. The average molecular weight is 309 g/mol. The highest BCUT2D eigenvalue weighted by Crippen LogP contribution is 2.22. The minimum atomic E-state index is -0.179. The first kappa shape index (κ1) is 15.1. The predicted octanol–water partition coefficient (Wildman–Crippen LogP) is 3.76. The summed E-state index contributed by atoms with van der Waals surface area (Å²) in [5.74, 6) is 1.76. The van der Waals surface area contributed by atoms with E-state index in [1.807, 2.05) is 31.2 Å². The van der Waals surface area contributed by atoms with E-state index in [0.29, 0.717) is 10.7 Å². The van der Waals surface area contributed by atoms with E-state index in [1.54, 1.807) is 17.8 Å². The third kappa shape index (κ3) is 3.64. The fourth-order valence-corrected chi connectivity index (χ4v) is 2.82. The van der Waals surface area contributed by atoms with Crippen molar-refractivity contribution in [3.05, 3.63) is 41.0 Å². The number of rotatable bonds is 5. The third-order valence-electron chi connectivity index (χ3n) is 2.85. The van der Waals surface area contributed by atoms with Crippen LogP contribution < -0.4 is 5.32 Å². The fourth-order valence-electron chi connectivity index (χ4n) is 1.88. The number of carbonyl (C=O) groups is 1. The van der Waals surface area contributed by atoms with Crippen molar-refractivity contribution in [3.63, 3.8) is 0 Å². The maximum Gasteiger partial charge on any atom is 0.270 e. The van der Waals surface area contributed by atoms with E-state index in [9.17, 15) is 4.79 Å². The zero-order valence-corrected chi connectivity index (χ0v) is 13.1. The van der Waals surface area contributed by atoms with Gasteiger partial charge in [-0.25, -0.2) is 4.98 Å². The SMILES string of the molecule is CCSCC(C)NC(=O)c1cc(Cl)c2ccccc2n1. The first-order chi connectivity index (χ1) is 9.61. The Balaban J connectivity index is 2.18. The molecule has 0 aliphatic heterocycles. The number of nitrogens with zero attached hydrogens (tertiary/aromatic N) is 1. The van der Waals surface area contributed by atoms with Gasteiger partial charge >= 0.3 is 0 Å². The van der Waals surface area contributed by atoms with E-state index in [4.69, 9.17) is 11.6 Å². The number of hydrogen-bond donors (Lipinski definition) is 1. The monoisotopic (exact) mass is 308 g/mol. The number of benzene rings is 1. The Morgan fingerprint density at radius 3 is 2.95 bits per heavy atom. The van der Waals surface area contributed by atoms with Gasteiger partial charge in [0.25, 0.3) is 5.91 Å². The van der Waals surface area contributed by atoms with Crippen LogP contribution in [0.1, 0.15) is 24.3 Å². The summed E-state index contributed by atoms with van der Waals surface area (Å²) >= 11 is 8.00. The molecule has 1 aromatic carbocycles. The van der Waals surface area contributed by atoms with Crippen molar-refractivity contribution in [2.75, 3.05) is 11.5 Å². The summed E-state index contributed by atoms with van der Waals surface area (Å²) in [5, 5.41) is 4.36. The van der Waals surface area contributed by atoms with E-state index in [-0.39, 0.29) is 11.9 Å². The van der Waals surface area contributed by atoms with Crippen LogP contribution in [0.2, 0.25) is 5.02 Å². The molecule has 1 aromatic heterocycles. The number of amides is 1. The van der Waals surface area contributed by atoms with E-state index in [0.717, 1.165) is 22.4 Å². The van der Waals surface area contributed by atoms with Gasteiger partial charge in [-0.2, -0.15) is 11.8 Å². The van der Waals surface area contributed by atoms with Crippen molar-refractivity contribution >= 4 is 40.2 Å². The lowest BCUT2D eigenvalue weighted by Crippen LogP contribution is -2.34. The first-order valence-corrected chi connectivity index (χ1v) is 8.09. The number of fused-ring (bicyclic) bond motifs is 1. The number of carbonyl (C=O) groups excluding carboxylic acids is 1. The number of pyridine rings is 1. The molecule has 0 aliphatic carbocycles. The molecule has 2 aromatic rings. The second kappa shape index (κ2) is 6.95. The zero-order valence-electron chi connectivity index (χ0n) is 11.5. The van der Waals surface area contributed by atoms with Crippen molar-refractivity contribution in [2.24, 2.45) is 0 Å². The van der Waals surface area contributed by atoms with Crippen LogP contribution in [0.5, 0.6) is 0 Å². The molecule has 0 radical (unpaired) electrons. The number of nitrogens with one attached hydrogen (secondary N) is 1. The fraction of sp³-hybridized carbons (Fsp3) is 0.333. The van der Waals surface area contributed by atoms with E-state index < -0.39 is 0 Å². The molecule has 1 heterocycles. The number of aromatic nitrogens is 1. The molecule has 0 fully saturated rings. The molecule has 106 valence electrons. The molecule has 1 N–H and O–H groups in total. The van der Waals surface area contributed by atoms with Gasteiger partial charge in [0.1, 0.15) is 5.69 Å². The normalized spacial score (nSPS) is 12.3. The van der Waals surface area contributed by atoms with E-state index >= 15 is 0 Å². The molecule has 3 nitrogen and oxygen atoms in total. The molecule has 0 aliphatic rings. The van der Waals surface area contributed by atoms with Crippen LogP contribution in [-0.4, -0.2) is 28.4 Å². The van der Waals surface area contributed by atoms with Crippen LogP contribution in [0.3, 0.4) is 0 Å². The Hall–Kier alpha value is -1.26. The van der Waals surface area contributed by atoms with Crippen LogP contribution >= 0.6 is 23.4 Å². The summed E-state index contributed by atoms with van der Waals surface area (Å²) < 4.78 is 0. The lowest BCUT2D eigenvalue weighted by molar-refractivity contribution is 0.0939. The van der Waals surface area contributed by atoms with Gasteiger partial charge in [0, 0.05) is 17.2 Å². The number of halogens is 1. The van der Waals surface area contributed by atoms with Gasteiger partial charge in [0.15, 0.2) is 0 Å². The van der Waals surface area contributed by atoms with Gasteiger partial charge in [-0.3, -0.25) is 4.79 Å². The summed E-state index contributed by atoms with van der Waals surface area (Å²) in [5.41, 5.74) is 1.10. The molecule has 1 unspecified atom stereocenters. The van der Waals surface area contributed by atoms with Crippen LogP contribution in [0, 0.1) is 0 Å². The first-order valence-electron chi connectivity index (χ1n) is 6.55. The van der Waals surface area contributed by atoms with E-state index in [2.05, 4.69) is 17.2 Å². The predicted molar refractivity (Wildman–Crippen MR) is 86.7 cm³/mol. The maximum absolute atomic E-state index is 12.2. The van der Waals surface area contributed by atoms with Crippen LogP contribution in [0.4, 0.5) is 0 Å². The highest BCUT2D eigenvalue weighted by molar-refractivity contribution is 7.99. The molecular formula is C15H17ClN2OS. The lowest BCUT2D eigenvalue weighted by atomic mass is 10.2. The molecule has 0 saturated carbocycles. The number of hydrogen-bond acceptors (Lipinski definition) is 3. The summed E-state index contributed by atoms with van der Waals surface area (Å²) in [6.45, 7) is 4.09. The van der Waals surface area contributed by atoms with Crippen molar-refractivity contribution in [1.82, 2.24) is 10.3 Å². The van der Waals surface area contributed by atoms with Crippen molar-refractivity contribution in [2.45, 2.75) is 19.9 Å². The van der Waals surface area contributed by atoms with Crippen molar-refractivity contribution < 1.29 is 4.79 Å². The quantitative estimate of drug-likeness (QED) is 0.914. The molecule has 0 saturated heterocycles. The molecule has 0 spiro atoms. The molecular weight excluding hydrogens is 292 g/mol. The van der Waals surface area contributed by atoms with Crippen molar-refractivity contribution in [1.29, 1.82) is 0 Å². The van der Waals surface area contributed by atoms with Crippen molar-refractivity contribution in [3.8, 4) is 0 Å². The molecule has 2 rings (SSSR count). The summed E-state index contributed by atoms with van der Waals surface area (Å²) in [6, 6.07) is 9.27. The maximum atomic E-state index is 12.2. The summed E-state index contributed by atoms with van der Waals surface area (Å²) in [6.07, 6.45) is 0. The Morgan fingerprint density at radius 2 is 2.20 bits per heavy atom. The van der Waals surface area contributed by atoms with Crippen LogP contribution in [-0.2, 0) is 0 Å². The van der Waals surface area contributed by atoms with Gasteiger partial charge in [-0.15, -0.1) is 0 Å². The standard InChI is InChI=1S/C15H17ClN2OS/c1-3-20-9-10(2)17-15(19)14-8-12(16)11-6-4-5-7-13(11)18-14/h4-8,10H,3,9H2,1-2H3,(H,17,19). The molecule has 20 heavy (non-hydrogen) atoms. The Bertz CT molecular complexity index is 618. The number of para-hydroxylation sites is 1. The molecule has 0 bridgehead atoms. The Kier molecular flexibility index (Phi) is 5.26. The largest absolute Gasteiger partial charge is 0.347 e. The zero-order chi connectivity index (χ0) is 14.5. The number of thioether (sulfide) groups is 1. The second-order valence-electron chi connectivity index (χ2n) is 4.54. The minimum absolute atomic E-state index is 0.111. The Labute approximate surface area is 128 Å². The Morgan fingerprint density at radius 1 is 1.45 bits per heavy atom. The lowest BCUT2D eigenvalue weighted by Gasteiger charge is -2.13. The molecule has 1 amide bonds. The molecule has 5 heteroatoms. The van der Waals surface area contributed by atoms with Crippen LogP contribution in [0.25, 0.3) is 10.9 Å². The van der Waals surface area contributed by atoms with Gasteiger partial charge in [-0.1, -0.05) is 36.7 Å². The second-order valence-corrected chi connectivity index (χ2v) is 6.27. The highest BCUT2D eigenvalue weighted by atomic mass is 35.5. The smallest absolute Gasteiger partial charge is 0.270 e. The van der Waals surface area contributed by atoms with Crippen LogP contribution in [0.15, 0.2) is 30.3 Å². The van der Waals surface area contributed by atoms with Gasteiger partial charge in [-0.05, 0) is 24.8 Å². The summed E-state index contributed by atoms with van der Waals surface area (Å²) in [7, 11) is 0. The highest BCUT2D eigenvalue weighted by Gasteiger charge is 2.13. The topological polar surface area (TPSA) is 42.0 Å². The van der Waals surface area contributed by atoms with Gasteiger partial charge in [0.2, 0.25) is 0 Å². The van der Waals surface area contributed by atoms with Gasteiger partial charge < -0.3 is 5.32 Å². The summed E-state index contributed by atoms with van der Waals surface area (Å²) in [4.78, 5) is 16.5. The van der Waals surface area contributed by atoms with E-state index in [1.165, 1.54) is 0 Å². The average Bonchev–Trinajstić information content (AvgIpc) is 2.45.